The van der Waals surface area contributed by atoms with Crippen LogP contribution >= 0.6 is 0 Å². The summed E-state index contributed by atoms with van der Waals surface area (Å²) in [5, 5.41) is 13.3. The molecule has 0 unspecified atom stereocenters. The fourth-order valence-corrected chi connectivity index (χ4v) is 1.40. The zero-order valence-electron chi connectivity index (χ0n) is 8.09. The molecule has 5 heteroatoms. The van der Waals surface area contributed by atoms with Crippen molar-refractivity contribution in [2.45, 2.75) is 6.54 Å². The summed E-state index contributed by atoms with van der Waals surface area (Å²) < 4.78 is 1.66. The first-order valence-electron chi connectivity index (χ1n) is 4.54. The molecule has 0 radical (unpaired) electrons. The maximum absolute atomic E-state index is 9.16. The number of hydrogen-bond donors (Lipinski definition) is 3. The predicted molar refractivity (Wildman–Crippen MR) is 57.5 cm³/mol. The van der Waals surface area contributed by atoms with E-state index < -0.39 is 0 Å². The Morgan fingerprint density at radius 2 is 1.93 bits per heavy atom. The number of phenolic OH excluding ortho intramolecular Hbond substituents is 1. The van der Waals surface area contributed by atoms with Crippen molar-refractivity contribution in [2.75, 3.05) is 5.73 Å². The highest BCUT2D eigenvalue weighted by Gasteiger charge is 2.05. The number of rotatable bonds is 2. The van der Waals surface area contributed by atoms with Gasteiger partial charge in [0.1, 0.15) is 11.6 Å². The van der Waals surface area contributed by atoms with Crippen LogP contribution in [0.15, 0.2) is 30.3 Å². The van der Waals surface area contributed by atoms with Gasteiger partial charge in [-0.1, -0.05) is 0 Å². The van der Waals surface area contributed by atoms with Crippen molar-refractivity contribution in [2.24, 2.45) is 5.73 Å². The number of hydrogen-bond acceptors (Lipinski definition) is 4. The minimum Gasteiger partial charge on any atom is -0.508 e. The van der Waals surface area contributed by atoms with Gasteiger partial charge in [-0.15, -0.1) is 0 Å². The first kappa shape index (κ1) is 9.54. The van der Waals surface area contributed by atoms with Gasteiger partial charge < -0.3 is 16.6 Å². The lowest BCUT2D eigenvalue weighted by molar-refractivity contribution is 0.475. The molecule has 0 bridgehead atoms. The molecule has 2 aromatic rings. The molecule has 0 aliphatic carbocycles. The molecule has 1 aromatic carbocycles. The van der Waals surface area contributed by atoms with Crippen LogP contribution in [-0.2, 0) is 6.54 Å². The highest BCUT2D eigenvalue weighted by molar-refractivity contribution is 5.41. The van der Waals surface area contributed by atoms with Gasteiger partial charge >= 0.3 is 0 Å². The molecule has 5 nitrogen and oxygen atoms in total. The fourth-order valence-electron chi connectivity index (χ4n) is 1.40. The van der Waals surface area contributed by atoms with E-state index in [1.165, 1.54) is 0 Å². The minimum absolute atomic E-state index is 0.216. The second-order valence-corrected chi connectivity index (χ2v) is 3.19. The Hall–Kier alpha value is -2.01. The summed E-state index contributed by atoms with van der Waals surface area (Å²) in [7, 11) is 0. The molecule has 0 aliphatic heterocycles. The van der Waals surface area contributed by atoms with E-state index >= 15 is 0 Å². The Kier molecular flexibility index (Phi) is 2.31. The molecular formula is C10H12N4O. The second kappa shape index (κ2) is 3.62. The van der Waals surface area contributed by atoms with Gasteiger partial charge in [0.25, 0.3) is 0 Å². The number of aromatic nitrogens is 2. The Morgan fingerprint density at radius 3 is 2.53 bits per heavy atom. The molecule has 0 spiro atoms. The van der Waals surface area contributed by atoms with Crippen molar-refractivity contribution in [3.05, 3.63) is 36.0 Å². The SMILES string of the molecule is NCc1cc(N)nn1-c1ccc(O)cc1. The van der Waals surface area contributed by atoms with Gasteiger partial charge in [-0.05, 0) is 24.3 Å². The van der Waals surface area contributed by atoms with Crippen LogP contribution in [0.2, 0.25) is 0 Å². The number of nitrogens with zero attached hydrogens (tertiary/aromatic N) is 2. The highest BCUT2D eigenvalue weighted by Crippen LogP contribution is 2.16. The molecule has 0 saturated carbocycles. The standard InChI is InChI=1S/C10H12N4O/c11-6-8-5-10(12)13-14(8)7-1-3-9(15)4-2-7/h1-5,15H,6,11H2,(H2,12,13). The van der Waals surface area contributed by atoms with Gasteiger partial charge in [0, 0.05) is 12.6 Å². The maximum Gasteiger partial charge on any atom is 0.146 e. The first-order chi connectivity index (χ1) is 7.20. The number of benzene rings is 1. The summed E-state index contributed by atoms with van der Waals surface area (Å²) >= 11 is 0. The van der Waals surface area contributed by atoms with Crippen molar-refractivity contribution in [3.8, 4) is 11.4 Å². The number of phenols is 1. The van der Waals surface area contributed by atoms with Gasteiger partial charge in [0.05, 0.1) is 11.4 Å². The largest absolute Gasteiger partial charge is 0.508 e. The lowest BCUT2D eigenvalue weighted by atomic mass is 10.3. The molecule has 1 aromatic heterocycles. The third-order valence-electron chi connectivity index (χ3n) is 2.11. The average molecular weight is 204 g/mol. The summed E-state index contributed by atoms with van der Waals surface area (Å²) in [6.45, 7) is 0.366. The number of aromatic hydroxyl groups is 1. The van der Waals surface area contributed by atoms with E-state index in [1.807, 2.05) is 0 Å². The number of nitrogen functional groups attached to an aromatic ring is 1. The molecule has 5 N–H and O–H groups in total. The van der Waals surface area contributed by atoms with Gasteiger partial charge in [0.2, 0.25) is 0 Å². The van der Waals surface area contributed by atoms with Crippen LogP contribution in [0.1, 0.15) is 5.69 Å². The van der Waals surface area contributed by atoms with E-state index in [-0.39, 0.29) is 5.75 Å². The van der Waals surface area contributed by atoms with E-state index in [0.29, 0.717) is 12.4 Å². The first-order valence-corrected chi connectivity index (χ1v) is 4.54. The van der Waals surface area contributed by atoms with Crippen molar-refractivity contribution >= 4 is 5.82 Å². The highest BCUT2D eigenvalue weighted by atomic mass is 16.3. The lowest BCUT2D eigenvalue weighted by Gasteiger charge is -2.05. The fraction of sp³-hybridized carbons (Fsp3) is 0.100. The molecule has 0 fully saturated rings. The quantitative estimate of drug-likeness (QED) is 0.668. The van der Waals surface area contributed by atoms with E-state index in [9.17, 15) is 0 Å². The molecule has 0 atom stereocenters. The summed E-state index contributed by atoms with van der Waals surface area (Å²) in [4.78, 5) is 0. The number of anilines is 1. The third-order valence-corrected chi connectivity index (χ3v) is 2.11. The third kappa shape index (κ3) is 1.77. The second-order valence-electron chi connectivity index (χ2n) is 3.19. The maximum atomic E-state index is 9.16. The lowest BCUT2D eigenvalue weighted by Crippen LogP contribution is -2.06. The normalized spacial score (nSPS) is 10.5. The van der Waals surface area contributed by atoms with Crippen LogP contribution in [0, 0.1) is 0 Å². The van der Waals surface area contributed by atoms with Crippen molar-refractivity contribution in [1.82, 2.24) is 9.78 Å². The zero-order chi connectivity index (χ0) is 10.8. The van der Waals surface area contributed by atoms with E-state index in [1.54, 1.807) is 35.0 Å². The molecule has 1 heterocycles. The van der Waals surface area contributed by atoms with Gasteiger partial charge in [-0.2, -0.15) is 5.10 Å². The predicted octanol–water partition coefficient (Wildman–Crippen LogP) is 0.619. The Morgan fingerprint density at radius 1 is 1.27 bits per heavy atom. The Labute approximate surface area is 86.9 Å². The van der Waals surface area contributed by atoms with E-state index in [4.69, 9.17) is 16.6 Å². The summed E-state index contributed by atoms with van der Waals surface area (Å²) in [6, 6.07) is 8.41. The van der Waals surface area contributed by atoms with Crippen LogP contribution in [0.3, 0.4) is 0 Å². The molecule has 2 rings (SSSR count). The molecule has 0 amide bonds. The van der Waals surface area contributed by atoms with Crippen molar-refractivity contribution in [1.29, 1.82) is 0 Å². The van der Waals surface area contributed by atoms with Gasteiger partial charge in [0.15, 0.2) is 0 Å². The van der Waals surface area contributed by atoms with Crippen LogP contribution in [-0.4, -0.2) is 14.9 Å². The van der Waals surface area contributed by atoms with Crippen LogP contribution in [0.25, 0.3) is 5.69 Å². The minimum atomic E-state index is 0.216. The smallest absolute Gasteiger partial charge is 0.146 e. The molecule has 78 valence electrons. The van der Waals surface area contributed by atoms with E-state index in [0.717, 1.165) is 11.4 Å². The van der Waals surface area contributed by atoms with E-state index in [2.05, 4.69) is 5.10 Å². The van der Waals surface area contributed by atoms with Crippen LogP contribution in [0.5, 0.6) is 5.75 Å². The average Bonchev–Trinajstić information content (AvgIpc) is 2.61. The Balaban J connectivity index is 2.48. The Bertz CT molecular complexity index is 461. The molecule has 15 heavy (non-hydrogen) atoms. The van der Waals surface area contributed by atoms with Gasteiger partial charge in [-0.3, -0.25) is 0 Å². The molecular weight excluding hydrogens is 192 g/mol. The molecule has 0 aliphatic rings. The summed E-state index contributed by atoms with van der Waals surface area (Å²) in [6.07, 6.45) is 0. The summed E-state index contributed by atoms with van der Waals surface area (Å²) in [5.74, 6) is 0.650. The van der Waals surface area contributed by atoms with Gasteiger partial charge in [-0.25, -0.2) is 4.68 Å². The monoisotopic (exact) mass is 204 g/mol. The van der Waals surface area contributed by atoms with Crippen molar-refractivity contribution in [3.63, 3.8) is 0 Å². The summed E-state index contributed by atoms with van der Waals surface area (Å²) in [5.41, 5.74) is 12.8. The zero-order valence-corrected chi connectivity index (χ0v) is 8.09. The topological polar surface area (TPSA) is 90.1 Å². The van der Waals surface area contributed by atoms with Crippen LogP contribution in [0.4, 0.5) is 5.82 Å². The van der Waals surface area contributed by atoms with Crippen LogP contribution < -0.4 is 11.5 Å². The van der Waals surface area contributed by atoms with Crippen molar-refractivity contribution < 1.29 is 5.11 Å². The number of nitrogens with two attached hydrogens (primary N) is 2. The molecule has 0 saturated heterocycles.